The first-order valence-corrected chi connectivity index (χ1v) is 11.5. The van der Waals surface area contributed by atoms with E-state index in [1.807, 2.05) is 13.0 Å². The fourth-order valence-electron chi connectivity index (χ4n) is 3.76. The molecular weight excluding hydrogens is 455 g/mol. The van der Waals surface area contributed by atoms with Crippen molar-refractivity contribution in [1.82, 2.24) is 15.5 Å². The van der Waals surface area contributed by atoms with Crippen molar-refractivity contribution in [3.63, 3.8) is 0 Å². The molecule has 2 amide bonds. The molecule has 0 saturated heterocycles. The zero-order valence-corrected chi connectivity index (χ0v) is 20.3. The first kappa shape index (κ1) is 25.5. The standard InChI is InChI=1S/C26H30ClFN4O2/c1-17-12-20(25(15-24(17)27)31-18(2)33)6-9-26(34)32(11-10-29-3)23-13-22(14-23)30-16-19-4-7-21(28)8-5-19/h4-12,15,22-23,29-30H,13-14,16H2,1-3H3,(H,31,33)/b9-6+,11-10+. The number of rotatable bonds is 9. The molecule has 2 aromatic carbocycles. The van der Waals surface area contributed by atoms with E-state index in [2.05, 4.69) is 16.0 Å². The van der Waals surface area contributed by atoms with E-state index >= 15 is 0 Å². The molecule has 34 heavy (non-hydrogen) atoms. The van der Waals surface area contributed by atoms with Crippen molar-refractivity contribution in [1.29, 1.82) is 0 Å². The Labute approximate surface area is 204 Å². The molecule has 8 heteroatoms. The van der Waals surface area contributed by atoms with Gasteiger partial charge in [0.25, 0.3) is 5.91 Å². The number of carbonyl (C=O) groups is 2. The van der Waals surface area contributed by atoms with E-state index in [1.165, 1.54) is 25.1 Å². The van der Waals surface area contributed by atoms with Crippen LogP contribution in [0.2, 0.25) is 5.02 Å². The number of anilines is 1. The van der Waals surface area contributed by atoms with Crippen LogP contribution in [0.25, 0.3) is 6.08 Å². The van der Waals surface area contributed by atoms with E-state index in [4.69, 9.17) is 11.6 Å². The lowest BCUT2D eigenvalue weighted by Crippen LogP contribution is -2.52. The Morgan fingerprint density at radius 2 is 1.91 bits per heavy atom. The predicted molar refractivity (Wildman–Crippen MR) is 135 cm³/mol. The second kappa shape index (κ2) is 11.8. The van der Waals surface area contributed by atoms with Crippen LogP contribution in [-0.4, -0.2) is 35.8 Å². The molecule has 0 aliphatic heterocycles. The van der Waals surface area contributed by atoms with Crippen LogP contribution < -0.4 is 16.0 Å². The van der Waals surface area contributed by atoms with Crippen molar-refractivity contribution in [2.75, 3.05) is 12.4 Å². The summed E-state index contributed by atoms with van der Waals surface area (Å²) >= 11 is 6.20. The lowest BCUT2D eigenvalue weighted by atomic mass is 9.85. The molecule has 180 valence electrons. The Morgan fingerprint density at radius 3 is 2.56 bits per heavy atom. The highest BCUT2D eigenvalue weighted by Gasteiger charge is 2.34. The van der Waals surface area contributed by atoms with Gasteiger partial charge in [0, 0.05) is 61.8 Å². The second-order valence-corrected chi connectivity index (χ2v) is 8.79. The first-order valence-electron chi connectivity index (χ1n) is 11.2. The Hall–Kier alpha value is -3.16. The number of carbonyl (C=O) groups excluding carboxylic acids is 2. The number of nitrogens with one attached hydrogen (secondary N) is 3. The molecule has 0 bridgehead atoms. The lowest BCUT2D eigenvalue weighted by Gasteiger charge is -2.41. The third kappa shape index (κ3) is 6.92. The van der Waals surface area contributed by atoms with Crippen molar-refractivity contribution in [2.45, 2.75) is 45.3 Å². The summed E-state index contributed by atoms with van der Waals surface area (Å²) in [4.78, 5) is 26.3. The Balaban J connectivity index is 1.64. The molecule has 3 N–H and O–H groups in total. The van der Waals surface area contributed by atoms with Gasteiger partial charge >= 0.3 is 0 Å². The summed E-state index contributed by atoms with van der Waals surface area (Å²) in [5.41, 5.74) is 3.13. The van der Waals surface area contributed by atoms with E-state index in [-0.39, 0.29) is 29.7 Å². The highest BCUT2D eigenvalue weighted by molar-refractivity contribution is 6.31. The fraction of sp³-hybridized carbons (Fsp3) is 0.308. The molecule has 0 heterocycles. The number of amides is 2. The van der Waals surface area contributed by atoms with Crippen molar-refractivity contribution in [2.24, 2.45) is 0 Å². The molecule has 1 aliphatic rings. The van der Waals surface area contributed by atoms with Gasteiger partial charge in [0.05, 0.1) is 0 Å². The Morgan fingerprint density at radius 1 is 1.21 bits per heavy atom. The highest BCUT2D eigenvalue weighted by Crippen LogP contribution is 2.28. The molecule has 3 rings (SSSR count). The number of benzene rings is 2. The van der Waals surface area contributed by atoms with E-state index in [0.717, 1.165) is 24.0 Å². The average molecular weight is 485 g/mol. The monoisotopic (exact) mass is 484 g/mol. The number of nitrogens with zero attached hydrogens (tertiary/aromatic N) is 1. The van der Waals surface area contributed by atoms with Crippen LogP contribution in [0.5, 0.6) is 0 Å². The lowest BCUT2D eigenvalue weighted by molar-refractivity contribution is -0.127. The van der Waals surface area contributed by atoms with Gasteiger partial charge in [-0.25, -0.2) is 4.39 Å². The van der Waals surface area contributed by atoms with Gasteiger partial charge in [-0.05, 0) is 66.8 Å². The third-order valence-electron chi connectivity index (χ3n) is 5.72. The second-order valence-electron chi connectivity index (χ2n) is 8.38. The minimum absolute atomic E-state index is 0.0641. The van der Waals surface area contributed by atoms with Gasteiger partial charge in [-0.2, -0.15) is 0 Å². The molecule has 1 aliphatic carbocycles. The molecule has 0 unspecified atom stereocenters. The normalized spacial score (nSPS) is 17.6. The van der Waals surface area contributed by atoms with E-state index in [9.17, 15) is 14.0 Å². The maximum Gasteiger partial charge on any atom is 0.250 e. The van der Waals surface area contributed by atoms with Gasteiger partial charge in [0.2, 0.25) is 5.91 Å². The van der Waals surface area contributed by atoms with Crippen LogP contribution in [0.4, 0.5) is 10.1 Å². The molecule has 2 aromatic rings. The van der Waals surface area contributed by atoms with Crippen LogP contribution in [0.15, 0.2) is 54.9 Å². The summed E-state index contributed by atoms with van der Waals surface area (Å²) in [5.74, 6) is -0.619. The zero-order valence-electron chi connectivity index (χ0n) is 19.6. The molecule has 6 nitrogen and oxygen atoms in total. The topological polar surface area (TPSA) is 73.5 Å². The smallest absolute Gasteiger partial charge is 0.250 e. The summed E-state index contributed by atoms with van der Waals surface area (Å²) in [6.07, 6.45) is 8.29. The molecule has 0 aromatic heterocycles. The van der Waals surface area contributed by atoms with Gasteiger partial charge in [0.15, 0.2) is 0 Å². The Kier molecular flexibility index (Phi) is 8.85. The van der Waals surface area contributed by atoms with Crippen molar-refractivity contribution in [3.05, 3.63) is 82.4 Å². The number of halogens is 2. The largest absolute Gasteiger partial charge is 0.393 e. The summed E-state index contributed by atoms with van der Waals surface area (Å²) < 4.78 is 13.1. The summed E-state index contributed by atoms with van der Waals surface area (Å²) in [5, 5.41) is 9.69. The molecular formula is C26H30ClFN4O2. The molecule has 0 spiro atoms. The van der Waals surface area contributed by atoms with Gasteiger partial charge in [-0.3, -0.25) is 9.59 Å². The molecule has 0 atom stereocenters. The maximum atomic E-state index is 13.1. The Bertz CT molecular complexity index is 1080. The van der Waals surface area contributed by atoms with E-state index in [0.29, 0.717) is 22.8 Å². The third-order valence-corrected chi connectivity index (χ3v) is 6.13. The minimum atomic E-state index is -0.246. The van der Waals surface area contributed by atoms with Gasteiger partial charge in [-0.1, -0.05) is 23.7 Å². The van der Waals surface area contributed by atoms with E-state index < -0.39 is 0 Å². The van der Waals surface area contributed by atoms with Gasteiger partial charge in [0.1, 0.15) is 5.82 Å². The molecule has 0 radical (unpaired) electrons. The van der Waals surface area contributed by atoms with Gasteiger partial charge in [-0.15, -0.1) is 0 Å². The first-order chi connectivity index (χ1) is 16.3. The number of hydrogen-bond donors (Lipinski definition) is 3. The van der Waals surface area contributed by atoms with Crippen molar-refractivity contribution in [3.8, 4) is 0 Å². The minimum Gasteiger partial charge on any atom is -0.393 e. The highest BCUT2D eigenvalue weighted by atomic mass is 35.5. The van der Waals surface area contributed by atoms with Crippen LogP contribution in [-0.2, 0) is 16.1 Å². The fourth-order valence-corrected chi connectivity index (χ4v) is 3.93. The molecule has 1 saturated carbocycles. The van der Waals surface area contributed by atoms with Crippen LogP contribution in [0.3, 0.4) is 0 Å². The van der Waals surface area contributed by atoms with Crippen molar-refractivity contribution >= 4 is 35.2 Å². The summed E-state index contributed by atoms with van der Waals surface area (Å²) in [7, 11) is 1.78. The zero-order chi connectivity index (χ0) is 24.7. The average Bonchev–Trinajstić information content (AvgIpc) is 2.76. The van der Waals surface area contributed by atoms with Crippen LogP contribution in [0.1, 0.15) is 36.5 Å². The molecule has 1 fully saturated rings. The number of hydrogen-bond acceptors (Lipinski definition) is 4. The quantitative estimate of drug-likeness (QED) is 0.455. The number of aryl methyl sites for hydroxylation is 1. The van der Waals surface area contributed by atoms with Crippen molar-refractivity contribution < 1.29 is 14.0 Å². The van der Waals surface area contributed by atoms with Crippen LogP contribution >= 0.6 is 11.6 Å². The van der Waals surface area contributed by atoms with Gasteiger partial charge < -0.3 is 20.9 Å². The van der Waals surface area contributed by atoms with Crippen LogP contribution in [0, 0.1) is 12.7 Å². The van der Waals surface area contributed by atoms with E-state index in [1.54, 1.807) is 48.6 Å². The predicted octanol–water partition coefficient (Wildman–Crippen LogP) is 4.60. The SMILES string of the molecule is CN/C=C/N(C(=O)/C=C/c1cc(C)c(Cl)cc1NC(C)=O)C1CC(NCc2ccc(F)cc2)C1. The summed E-state index contributed by atoms with van der Waals surface area (Å²) in [6, 6.07) is 10.3. The summed E-state index contributed by atoms with van der Waals surface area (Å²) in [6.45, 7) is 3.95. The maximum absolute atomic E-state index is 13.1.